The van der Waals surface area contributed by atoms with Gasteiger partial charge in [0.15, 0.2) is 0 Å². The fourth-order valence-electron chi connectivity index (χ4n) is 4.66. The van der Waals surface area contributed by atoms with Crippen molar-refractivity contribution in [2.45, 2.75) is 174 Å². The van der Waals surface area contributed by atoms with Crippen LogP contribution in [0.25, 0.3) is 0 Å². The summed E-state index contributed by atoms with van der Waals surface area (Å²) in [6.45, 7) is 4.12. The second-order valence-electron chi connectivity index (χ2n) is 10.9. The molecule has 0 fully saturated rings. The first-order valence-electron chi connectivity index (χ1n) is 16.1. The predicted molar refractivity (Wildman–Crippen MR) is 161 cm³/mol. The minimum absolute atomic E-state index is 0.100. The van der Waals surface area contributed by atoms with E-state index in [1.165, 1.54) is 103 Å². The molecule has 4 heteroatoms. The molecule has 1 amide bonds. The Morgan fingerprint density at radius 1 is 0.622 bits per heavy atom. The van der Waals surface area contributed by atoms with E-state index in [0.717, 1.165) is 38.5 Å². The number of aliphatic hydroxyl groups excluding tert-OH is 2. The molecule has 0 heterocycles. The predicted octanol–water partition coefficient (Wildman–Crippen LogP) is 8.95. The van der Waals surface area contributed by atoms with Crippen LogP contribution in [0.5, 0.6) is 0 Å². The van der Waals surface area contributed by atoms with Gasteiger partial charge in [-0.2, -0.15) is 0 Å². The summed E-state index contributed by atoms with van der Waals surface area (Å²) in [5.41, 5.74) is 0. The minimum Gasteiger partial charge on any atom is -0.394 e. The summed E-state index contributed by atoms with van der Waals surface area (Å²) in [6.07, 6.45) is 36.1. The Labute approximate surface area is 230 Å². The Bertz CT molecular complexity index is 532. The van der Waals surface area contributed by atoms with Gasteiger partial charge in [-0.25, -0.2) is 0 Å². The van der Waals surface area contributed by atoms with Gasteiger partial charge in [-0.1, -0.05) is 147 Å². The number of hydrogen-bond donors (Lipinski definition) is 3. The SMILES string of the molecule is CCCCCCCCCCCCCCCCCC/C=C/CC/C=C/C(O)C(CO)NC(=O)CCCCC. The summed E-state index contributed by atoms with van der Waals surface area (Å²) >= 11 is 0. The quantitative estimate of drug-likeness (QED) is 0.0711. The number of aliphatic hydroxyl groups is 2. The molecule has 0 aromatic heterocycles. The first-order chi connectivity index (χ1) is 18.2. The third-order valence-electron chi connectivity index (χ3n) is 7.19. The van der Waals surface area contributed by atoms with E-state index in [4.69, 9.17) is 0 Å². The molecular weight excluding hydrogens is 458 g/mol. The fraction of sp³-hybridized carbons (Fsp3) is 0.848. The average Bonchev–Trinajstić information content (AvgIpc) is 2.90. The summed E-state index contributed by atoms with van der Waals surface area (Å²) in [7, 11) is 0. The number of allylic oxidation sites excluding steroid dienone is 3. The zero-order valence-corrected chi connectivity index (χ0v) is 24.7. The highest BCUT2D eigenvalue weighted by Crippen LogP contribution is 2.14. The lowest BCUT2D eigenvalue weighted by molar-refractivity contribution is -0.123. The number of hydrogen-bond acceptors (Lipinski definition) is 3. The molecule has 0 aromatic carbocycles. The van der Waals surface area contributed by atoms with Gasteiger partial charge in [-0.05, 0) is 32.1 Å². The molecule has 0 saturated carbocycles. The number of carbonyl (C=O) groups excluding carboxylic acids is 1. The van der Waals surface area contributed by atoms with E-state index in [0.29, 0.717) is 6.42 Å². The number of carbonyl (C=O) groups is 1. The Balaban J connectivity index is 3.51. The Morgan fingerprint density at radius 3 is 1.57 bits per heavy atom. The number of rotatable bonds is 28. The number of unbranched alkanes of at least 4 members (excludes halogenated alkanes) is 19. The van der Waals surface area contributed by atoms with Crippen LogP contribution in [0.2, 0.25) is 0 Å². The van der Waals surface area contributed by atoms with Crippen molar-refractivity contribution in [2.75, 3.05) is 6.61 Å². The van der Waals surface area contributed by atoms with Gasteiger partial charge >= 0.3 is 0 Å². The zero-order valence-electron chi connectivity index (χ0n) is 24.7. The molecule has 2 atom stereocenters. The summed E-state index contributed by atoms with van der Waals surface area (Å²) in [5, 5.41) is 22.4. The second kappa shape index (κ2) is 29.4. The van der Waals surface area contributed by atoms with E-state index in [1.54, 1.807) is 6.08 Å². The van der Waals surface area contributed by atoms with Gasteiger partial charge in [0.25, 0.3) is 0 Å². The van der Waals surface area contributed by atoms with Crippen LogP contribution in [0.15, 0.2) is 24.3 Å². The number of nitrogens with one attached hydrogen (secondary N) is 1. The van der Waals surface area contributed by atoms with Gasteiger partial charge in [0.2, 0.25) is 5.91 Å². The van der Waals surface area contributed by atoms with Gasteiger partial charge in [-0.15, -0.1) is 0 Å². The lowest BCUT2D eigenvalue weighted by Crippen LogP contribution is -2.45. The summed E-state index contributed by atoms with van der Waals surface area (Å²) < 4.78 is 0. The van der Waals surface area contributed by atoms with Gasteiger partial charge in [0, 0.05) is 6.42 Å². The number of amides is 1. The van der Waals surface area contributed by atoms with E-state index in [2.05, 4.69) is 31.3 Å². The van der Waals surface area contributed by atoms with E-state index in [-0.39, 0.29) is 12.5 Å². The van der Waals surface area contributed by atoms with Crippen LogP contribution in [-0.2, 0) is 4.79 Å². The first-order valence-corrected chi connectivity index (χ1v) is 16.1. The molecular formula is C33H63NO3. The smallest absolute Gasteiger partial charge is 0.220 e. The molecule has 0 aromatic rings. The third-order valence-corrected chi connectivity index (χ3v) is 7.19. The standard InChI is InChI=1S/C33H63NO3/c1-3-5-7-8-9-10-11-12-13-14-15-16-17-18-19-20-21-22-23-24-25-27-28-32(36)31(30-35)34-33(37)29-26-6-4-2/h22-23,27-28,31-32,35-36H,3-21,24-26,29-30H2,1-2H3,(H,34,37)/b23-22+,28-27+. The van der Waals surface area contributed by atoms with E-state index in [9.17, 15) is 15.0 Å². The zero-order chi connectivity index (χ0) is 27.2. The molecule has 3 N–H and O–H groups in total. The van der Waals surface area contributed by atoms with E-state index < -0.39 is 12.1 Å². The normalized spacial score (nSPS) is 13.5. The van der Waals surface area contributed by atoms with Gasteiger partial charge in [0.05, 0.1) is 18.8 Å². The van der Waals surface area contributed by atoms with Crippen LogP contribution >= 0.6 is 0 Å². The Kier molecular flexibility index (Phi) is 28.5. The maximum Gasteiger partial charge on any atom is 0.220 e. The van der Waals surface area contributed by atoms with Crippen molar-refractivity contribution >= 4 is 5.91 Å². The van der Waals surface area contributed by atoms with Crippen molar-refractivity contribution in [2.24, 2.45) is 0 Å². The molecule has 2 unspecified atom stereocenters. The maximum atomic E-state index is 11.9. The largest absolute Gasteiger partial charge is 0.394 e. The molecule has 0 rings (SSSR count). The van der Waals surface area contributed by atoms with Crippen LogP contribution in [0.3, 0.4) is 0 Å². The van der Waals surface area contributed by atoms with E-state index >= 15 is 0 Å². The average molecular weight is 522 g/mol. The Morgan fingerprint density at radius 2 is 1.05 bits per heavy atom. The van der Waals surface area contributed by atoms with Gasteiger partial charge < -0.3 is 15.5 Å². The molecule has 0 aliphatic heterocycles. The molecule has 0 radical (unpaired) electrons. The highest BCUT2D eigenvalue weighted by Gasteiger charge is 2.17. The maximum absolute atomic E-state index is 11.9. The van der Waals surface area contributed by atoms with Crippen LogP contribution in [0, 0.1) is 0 Å². The van der Waals surface area contributed by atoms with Gasteiger partial charge in [-0.3, -0.25) is 4.79 Å². The van der Waals surface area contributed by atoms with Gasteiger partial charge in [0.1, 0.15) is 0 Å². The van der Waals surface area contributed by atoms with Crippen molar-refractivity contribution in [1.82, 2.24) is 5.32 Å². The van der Waals surface area contributed by atoms with Crippen molar-refractivity contribution in [3.05, 3.63) is 24.3 Å². The summed E-state index contributed by atoms with van der Waals surface area (Å²) in [5.74, 6) is -0.100. The lowest BCUT2D eigenvalue weighted by atomic mass is 10.0. The highest BCUT2D eigenvalue weighted by atomic mass is 16.3. The van der Waals surface area contributed by atoms with Crippen LogP contribution in [0.1, 0.15) is 162 Å². The molecule has 4 nitrogen and oxygen atoms in total. The van der Waals surface area contributed by atoms with Crippen molar-refractivity contribution in [1.29, 1.82) is 0 Å². The Hall–Kier alpha value is -1.13. The molecule has 0 aliphatic carbocycles. The molecule has 0 bridgehead atoms. The van der Waals surface area contributed by atoms with Crippen LogP contribution in [-0.4, -0.2) is 34.9 Å². The van der Waals surface area contributed by atoms with Crippen molar-refractivity contribution in [3.8, 4) is 0 Å². The van der Waals surface area contributed by atoms with Crippen molar-refractivity contribution in [3.63, 3.8) is 0 Å². The van der Waals surface area contributed by atoms with Crippen LogP contribution in [0.4, 0.5) is 0 Å². The fourth-order valence-corrected chi connectivity index (χ4v) is 4.66. The third kappa shape index (κ3) is 26.3. The molecule has 0 spiro atoms. The molecule has 218 valence electrons. The topological polar surface area (TPSA) is 69.6 Å². The highest BCUT2D eigenvalue weighted by molar-refractivity contribution is 5.76. The van der Waals surface area contributed by atoms with Crippen LogP contribution < -0.4 is 5.32 Å². The second-order valence-corrected chi connectivity index (χ2v) is 10.9. The van der Waals surface area contributed by atoms with Crippen molar-refractivity contribution < 1.29 is 15.0 Å². The van der Waals surface area contributed by atoms with E-state index in [1.807, 2.05) is 6.08 Å². The summed E-state index contributed by atoms with van der Waals surface area (Å²) in [4.78, 5) is 11.9. The molecule has 0 aliphatic rings. The minimum atomic E-state index is -0.853. The monoisotopic (exact) mass is 521 g/mol. The first kappa shape index (κ1) is 35.9. The molecule has 37 heavy (non-hydrogen) atoms. The molecule has 0 saturated heterocycles. The lowest BCUT2D eigenvalue weighted by Gasteiger charge is -2.19. The summed E-state index contributed by atoms with van der Waals surface area (Å²) in [6, 6.07) is -0.629.